The maximum absolute atomic E-state index is 13.0. The molecule has 0 saturated carbocycles. The third-order valence-electron chi connectivity index (χ3n) is 2.41. The Hall–Kier alpha value is -1.80. The van der Waals surface area contributed by atoms with Gasteiger partial charge in [-0.2, -0.15) is 22.0 Å². The Morgan fingerprint density at radius 2 is 1.68 bits per heavy atom. The average Bonchev–Trinajstić information content (AvgIpc) is 2.70. The van der Waals surface area contributed by atoms with Crippen molar-refractivity contribution >= 4 is 11.0 Å². The molecule has 0 aliphatic carbocycles. The number of hydrogen-bond acceptors (Lipinski definition) is 1. The Bertz CT molecular complexity index is 599. The molecule has 1 aromatic carbocycles. The first-order chi connectivity index (χ1) is 8.64. The quantitative estimate of drug-likeness (QED) is 0.832. The molecular formula is C10H5F7N2. The van der Waals surface area contributed by atoms with Crippen molar-refractivity contribution in [2.75, 3.05) is 0 Å². The molecule has 2 nitrogen and oxygen atoms in total. The number of hydrogen-bond donors (Lipinski definition) is 1. The fourth-order valence-corrected chi connectivity index (χ4v) is 1.52. The summed E-state index contributed by atoms with van der Waals surface area (Å²) in [5, 5.41) is 0. The minimum Gasteiger partial charge on any atom is -0.337 e. The summed E-state index contributed by atoms with van der Waals surface area (Å²) < 4.78 is 88.1. The van der Waals surface area contributed by atoms with Crippen LogP contribution in [0.1, 0.15) is 11.4 Å². The van der Waals surface area contributed by atoms with Crippen molar-refractivity contribution in [1.29, 1.82) is 0 Å². The lowest BCUT2D eigenvalue weighted by Gasteiger charge is -2.11. The minimum atomic E-state index is -4.81. The highest BCUT2D eigenvalue weighted by atomic mass is 19.4. The van der Waals surface area contributed by atoms with E-state index >= 15 is 0 Å². The van der Waals surface area contributed by atoms with Gasteiger partial charge in [0, 0.05) is 0 Å². The van der Waals surface area contributed by atoms with E-state index in [-0.39, 0.29) is 5.52 Å². The number of nitrogens with zero attached hydrogens (tertiary/aromatic N) is 1. The van der Waals surface area contributed by atoms with Gasteiger partial charge in [-0.1, -0.05) is 6.07 Å². The zero-order chi connectivity index (χ0) is 14.4. The lowest BCUT2D eigenvalue weighted by Crippen LogP contribution is -2.25. The van der Waals surface area contributed by atoms with Crippen molar-refractivity contribution in [3.8, 4) is 0 Å². The molecule has 2 rings (SSSR count). The first-order valence-corrected chi connectivity index (χ1v) is 4.86. The summed E-state index contributed by atoms with van der Waals surface area (Å²) in [7, 11) is 0. The molecule has 0 aliphatic heterocycles. The lowest BCUT2D eigenvalue weighted by molar-refractivity contribution is -0.140. The second kappa shape index (κ2) is 4.10. The fraction of sp³-hybridized carbons (Fsp3) is 0.300. The van der Waals surface area contributed by atoms with Gasteiger partial charge in [0.05, 0.1) is 11.1 Å². The van der Waals surface area contributed by atoms with E-state index in [0.717, 1.165) is 12.1 Å². The molecule has 1 aromatic heterocycles. The number of H-pyrrole nitrogens is 1. The van der Waals surface area contributed by atoms with Crippen LogP contribution in [-0.2, 0) is 12.1 Å². The molecule has 0 unspecified atom stereocenters. The molecule has 0 aliphatic rings. The van der Waals surface area contributed by atoms with E-state index in [1.807, 2.05) is 0 Å². The van der Waals surface area contributed by atoms with Crippen LogP contribution in [-0.4, -0.2) is 16.4 Å². The molecule has 19 heavy (non-hydrogen) atoms. The normalized spacial score (nSPS) is 13.5. The molecule has 1 N–H and O–H groups in total. The molecule has 0 fully saturated rings. The van der Waals surface area contributed by atoms with Crippen molar-refractivity contribution in [1.82, 2.24) is 9.97 Å². The first kappa shape index (κ1) is 13.6. The first-order valence-electron chi connectivity index (χ1n) is 4.86. The van der Waals surface area contributed by atoms with Gasteiger partial charge >= 0.3 is 18.5 Å². The lowest BCUT2D eigenvalue weighted by atomic mass is 10.2. The van der Waals surface area contributed by atoms with Crippen LogP contribution in [0.2, 0.25) is 0 Å². The maximum atomic E-state index is 13.0. The molecular weight excluding hydrogens is 281 g/mol. The van der Waals surface area contributed by atoms with Crippen molar-refractivity contribution in [2.45, 2.75) is 18.5 Å². The van der Waals surface area contributed by atoms with Gasteiger partial charge in [0.15, 0.2) is 5.82 Å². The zero-order valence-corrected chi connectivity index (χ0v) is 8.90. The van der Waals surface area contributed by atoms with Crippen LogP contribution < -0.4 is 0 Å². The van der Waals surface area contributed by atoms with Crippen LogP contribution >= 0.6 is 0 Å². The van der Waals surface area contributed by atoms with E-state index in [1.165, 1.54) is 0 Å². The number of rotatable bonds is 2. The number of benzene rings is 1. The van der Waals surface area contributed by atoms with Gasteiger partial charge in [0.25, 0.3) is 0 Å². The third-order valence-corrected chi connectivity index (χ3v) is 2.41. The Morgan fingerprint density at radius 1 is 1.05 bits per heavy atom. The molecule has 0 radical (unpaired) electrons. The Morgan fingerprint density at radius 3 is 2.21 bits per heavy atom. The topological polar surface area (TPSA) is 28.7 Å². The Labute approximate surface area is 101 Å². The number of alkyl halides is 7. The van der Waals surface area contributed by atoms with Gasteiger partial charge in [0.2, 0.25) is 0 Å². The number of para-hydroxylation sites is 1. The monoisotopic (exact) mass is 286 g/mol. The standard InChI is InChI=1S/C10H5F7N2/c11-7(12)9(13,14)8-18-5-3-1-2-4(6(5)19-8)10(15,16)17/h1-3,7H,(H,18,19). The second-order valence-electron chi connectivity index (χ2n) is 3.71. The number of imidazole rings is 1. The predicted molar refractivity (Wildman–Crippen MR) is 51.0 cm³/mol. The molecule has 0 spiro atoms. The maximum Gasteiger partial charge on any atom is 0.418 e. The summed E-state index contributed by atoms with van der Waals surface area (Å²) in [5.74, 6) is -6.13. The summed E-state index contributed by atoms with van der Waals surface area (Å²) in [4.78, 5) is 4.76. The minimum absolute atomic E-state index is 0.384. The van der Waals surface area contributed by atoms with E-state index < -0.39 is 35.4 Å². The van der Waals surface area contributed by atoms with E-state index in [9.17, 15) is 30.7 Å². The smallest absolute Gasteiger partial charge is 0.337 e. The van der Waals surface area contributed by atoms with E-state index in [1.54, 1.807) is 4.98 Å². The molecule has 0 saturated heterocycles. The van der Waals surface area contributed by atoms with Crippen LogP contribution in [0, 0.1) is 0 Å². The Balaban J connectivity index is 2.65. The van der Waals surface area contributed by atoms with Crippen LogP contribution in [0.15, 0.2) is 18.2 Å². The number of aromatic amines is 1. The van der Waals surface area contributed by atoms with Crippen molar-refractivity contribution in [2.24, 2.45) is 0 Å². The van der Waals surface area contributed by atoms with Crippen molar-refractivity contribution < 1.29 is 30.7 Å². The molecule has 0 bridgehead atoms. The highest BCUT2D eigenvalue weighted by Crippen LogP contribution is 2.37. The zero-order valence-electron chi connectivity index (χ0n) is 8.90. The molecule has 0 amide bonds. The number of fused-ring (bicyclic) bond motifs is 1. The predicted octanol–water partition coefficient (Wildman–Crippen LogP) is 3.94. The molecule has 2 aromatic rings. The Kier molecular flexibility index (Phi) is 2.94. The highest BCUT2D eigenvalue weighted by Gasteiger charge is 2.46. The van der Waals surface area contributed by atoms with E-state index in [2.05, 4.69) is 4.98 Å². The molecule has 1 heterocycles. The number of aromatic nitrogens is 2. The number of halogens is 7. The average molecular weight is 286 g/mol. The van der Waals surface area contributed by atoms with Crippen molar-refractivity contribution in [3.05, 3.63) is 29.6 Å². The summed E-state index contributed by atoms with van der Waals surface area (Å²) in [6.07, 6.45) is -8.88. The van der Waals surface area contributed by atoms with Gasteiger partial charge in [-0.25, -0.2) is 13.8 Å². The summed E-state index contributed by atoms with van der Waals surface area (Å²) in [6, 6.07) is 2.64. The van der Waals surface area contributed by atoms with Gasteiger partial charge in [-0.15, -0.1) is 0 Å². The molecule has 104 valence electrons. The van der Waals surface area contributed by atoms with E-state index in [0.29, 0.717) is 6.07 Å². The second-order valence-corrected chi connectivity index (χ2v) is 3.71. The largest absolute Gasteiger partial charge is 0.418 e. The van der Waals surface area contributed by atoms with Gasteiger partial charge < -0.3 is 4.98 Å². The highest BCUT2D eigenvalue weighted by molar-refractivity contribution is 5.79. The van der Waals surface area contributed by atoms with Gasteiger partial charge in [-0.3, -0.25) is 0 Å². The van der Waals surface area contributed by atoms with Crippen LogP contribution in [0.3, 0.4) is 0 Å². The SMILES string of the molecule is FC(F)C(F)(F)c1nc2c(C(F)(F)F)cccc2[nH]1. The van der Waals surface area contributed by atoms with Crippen LogP contribution in [0.25, 0.3) is 11.0 Å². The van der Waals surface area contributed by atoms with E-state index in [4.69, 9.17) is 0 Å². The molecule has 9 heteroatoms. The summed E-state index contributed by atoms with van der Waals surface area (Å²) in [5.41, 5.74) is -2.46. The van der Waals surface area contributed by atoms with Gasteiger partial charge in [-0.05, 0) is 12.1 Å². The number of nitrogens with one attached hydrogen (secondary N) is 1. The summed E-state index contributed by atoms with van der Waals surface area (Å²) in [6.45, 7) is 0. The molecule has 0 atom stereocenters. The summed E-state index contributed by atoms with van der Waals surface area (Å²) >= 11 is 0. The van der Waals surface area contributed by atoms with Crippen LogP contribution in [0.4, 0.5) is 30.7 Å². The van der Waals surface area contributed by atoms with Gasteiger partial charge in [0.1, 0.15) is 5.52 Å². The van der Waals surface area contributed by atoms with Crippen molar-refractivity contribution in [3.63, 3.8) is 0 Å². The fourth-order valence-electron chi connectivity index (χ4n) is 1.52. The van der Waals surface area contributed by atoms with Crippen LogP contribution in [0.5, 0.6) is 0 Å². The third kappa shape index (κ3) is 2.24.